The lowest BCUT2D eigenvalue weighted by atomic mass is 10.1. The molecule has 20 heavy (non-hydrogen) atoms. The van der Waals surface area contributed by atoms with Crippen LogP contribution in [0.3, 0.4) is 0 Å². The zero-order chi connectivity index (χ0) is 15.3. The molecule has 2 N–H and O–H groups in total. The van der Waals surface area contributed by atoms with E-state index in [1.54, 1.807) is 18.7 Å². The van der Waals surface area contributed by atoms with Crippen LogP contribution in [0.2, 0.25) is 0 Å². The van der Waals surface area contributed by atoms with Crippen LogP contribution < -0.4 is 10.6 Å². The molecule has 0 atom stereocenters. The van der Waals surface area contributed by atoms with Gasteiger partial charge in [0.1, 0.15) is 9.88 Å². The van der Waals surface area contributed by atoms with Crippen LogP contribution in [-0.4, -0.2) is 32.4 Å². The largest absolute Gasteiger partial charge is 0.462 e. The number of thioether (sulfide) groups is 1. The number of hydrogen-bond donors (Lipinski definition) is 1. The van der Waals surface area contributed by atoms with Gasteiger partial charge in [-0.2, -0.15) is 0 Å². The van der Waals surface area contributed by atoms with Crippen molar-refractivity contribution >= 4 is 39.8 Å². The highest BCUT2D eigenvalue weighted by Gasteiger charge is 2.23. The molecule has 1 heterocycles. The Kier molecular flexibility index (Phi) is 6.68. The van der Waals surface area contributed by atoms with Gasteiger partial charge in [0.05, 0.1) is 17.2 Å². The predicted octanol–water partition coefficient (Wildman–Crippen LogP) is 3.71. The third kappa shape index (κ3) is 4.06. The van der Waals surface area contributed by atoms with Gasteiger partial charge in [-0.05, 0) is 25.5 Å². The van der Waals surface area contributed by atoms with Crippen LogP contribution in [0, 0.1) is 5.92 Å². The second kappa shape index (κ2) is 7.78. The van der Waals surface area contributed by atoms with Gasteiger partial charge >= 0.3 is 5.97 Å². The summed E-state index contributed by atoms with van der Waals surface area (Å²) in [5, 5.41) is 1.05. The van der Waals surface area contributed by atoms with Gasteiger partial charge in [-0.15, -0.1) is 23.1 Å². The quantitative estimate of drug-likeness (QED) is 0.614. The van der Waals surface area contributed by atoms with Crippen LogP contribution in [-0.2, 0) is 4.74 Å². The molecule has 1 aromatic heterocycles. The fourth-order valence-corrected chi connectivity index (χ4v) is 3.86. The smallest absolute Gasteiger partial charge is 0.350 e. The van der Waals surface area contributed by atoms with E-state index in [0.29, 0.717) is 23.1 Å². The van der Waals surface area contributed by atoms with Crippen molar-refractivity contribution in [1.82, 2.24) is 0 Å². The number of nitrogens with two attached hydrogens (primary N) is 1. The highest BCUT2D eigenvalue weighted by atomic mass is 32.2. The molecular formula is C14H24N2O2S2. The van der Waals surface area contributed by atoms with Crippen LogP contribution >= 0.6 is 23.1 Å². The van der Waals surface area contributed by atoms with Gasteiger partial charge in [0, 0.05) is 13.6 Å². The predicted molar refractivity (Wildman–Crippen MR) is 89.2 cm³/mol. The summed E-state index contributed by atoms with van der Waals surface area (Å²) >= 11 is 3.00. The minimum atomic E-state index is -0.325. The number of carbonyl (C=O) groups excluding carboxylic acids is 1. The standard InChI is InChI=1S/C14H24N2O2S2/c1-6-18-14(17)12-10(15)11(19-5)13(20-12)16(4)8-7-9(2)3/h9H,6-8,15H2,1-5H3. The van der Waals surface area contributed by atoms with Crippen molar-refractivity contribution in [2.75, 3.05) is 37.1 Å². The zero-order valence-electron chi connectivity index (χ0n) is 12.9. The maximum atomic E-state index is 11.9. The Hall–Kier alpha value is -0.880. The van der Waals surface area contributed by atoms with Gasteiger partial charge in [0.25, 0.3) is 0 Å². The third-order valence-corrected chi connectivity index (χ3v) is 5.19. The van der Waals surface area contributed by atoms with E-state index in [9.17, 15) is 4.79 Å². The molecule has 0 spiro atoms. The fourth-order valence-electron chi connectivity index (χ4n) is 1.77. The summed E-state index contributed by atoms with van der Waals surface area (Å²) in [5.41, 5.74) is 6.65. The number of esters is 1. The van der Waals surface area contributed by atoms with Gasteiger partial charge < -0.3 is 15.4 Å². The van der Waals surface area contributed by atoms with Crippen LogP contribution in [0.1, 0.15) is 36.9 Å². The first-order valence-corrected chi connectivity index (χ1v) is 8.80. The average Bonchev–Trinajstić information content (AvgIpc) is 2.73. The number of nitrogens with zero attached hydrogens (tertiary/aromatic N) is 1. The van der Waals surface area contributed by atoms with Crippen molar-refractivity contribution in [3.05, 3.63) is 4.88 Å². The number of hydrogen-bond acceptors (Lipinski definition) is 6. The minimum Gasteiger partial charge on any atom is -0.462 e. The first-order valence-electron chi connectivity index (χ1n) is 6.76. The second-order valence-corrected chi connectivity index (χ2v) is 6.82. The molecule has 1 aromatic rings. The number of nitrogen functional groups attached to an aromatic ring is 1. The van der Waals surface area contributed by atoms with Crippen LogP contribution in [0.25, 0.3) is 0 Å². The van der Waals surface area contributed by atoms with E-state index in [1.807, 2.05) is 13.3 Å². The summed E-state index contributed by atoms with van der Waals surface area (Å²) in [7, 11) is 2.04. The molecule has 0 aromatic carbocycles. The molecule has 4 nitrogen and oxygen atoms in total. The molecule has 0 aliphatic heterocycles. The van der Waals surface area contributed by atoms with Gasteiger partial charge in [-0.1, -0.05) is 13.8 Å². The lowest BCUT2D eigenvalue weighted by Gasteiger charge is -2.19. The molecule has 0 unspecified atom stereocenters. The summed E-state index contributed by atoms with van der Waals surface area (Å²) in [6.07, 6.45) is 3.09. The zero-order valence-corrected chi connectivity index (χ0v) is 14.5. The number of ether oxygens (including phenoxy) is 1. The van der Waals surface area contributed by atoms with Gasteiger partial charge in [-0.3, -0.25) is 0 Å². The molecule has 0 aliphatic rings. The maximum Gasteiger partial charge on any atom is 0.350 e. The van der Waals surface area contributed by atoms with Crippen molar-refractivity contribution < 1.29 is 9.53 Å². The molecule has 6 heteroatoms. The average molecular weight is 316 g/mol. The van der Waals surface area contributed by atoms with E-state index in [4.69, 9.17) is 10.5 Å². The Labute approximate surface area is 129 Å². The van der Waals surface area contributed by atoms with Gasteiger partial charge in [-0.25, -0.2) is 4.79 Å². The topological polar surface area (TPSA) is 55.6 Å². The molecule has 0 radical (unpaired) electrons. The Morgan fingerprint density at radius 2 is 2.15 bits per heavy atom. The maximum absolute atomic E-state index is 11.9. The molecular weight excluding hydrogens is 292 g/mol. The van der Waals surface area contributed by atoms with Crippen molar-refractivity contribution in [2.24, 2.45) is 5.92 Å². The van der Waals surface area contributed by atoms with Crippen molar-refractivity contribution in [3.8, 4) is 0 Å². The number of carbonyl (C=O) groups is 1. The number of rotatable bonds is 7. The molecule has 0 bridgehead atoms. The van der Waals surface area contributed by atoms with Crippen molar-refractivity contribution in [1.29, 1.82) is 0 Å². The summed E-state index contributed by atoms with van der Waals surface area (Å²) < 4.78 is 5.06. The normalized spacial score (nSPS) is 10.9. The molecule has 114 valence electrons. The lowest BCUT2D eigenvalue weighted by molar-refractivity contribution is 0.0533. The van der Waals surface area contributed by atoms with Crippen LogP contribution in [0.4, 0.5) is 10.7 Å². The molecule has 0 amide bonds. The summed E-state index contributed by atoms with van der Waals surface area (Å²) in [6.45, 7) is 7.52. The molecule has 1 rings (SSSR count). The first-order chi connectivity index (χ1) is 9.42. The number of thiophene rings is 1. The van der Waals surface area contributed by atoms with E-state index in [0.717, 1.165) is 22.9 Å². The highest BCUT2D eigenvalue weighted by Crippen LogP contribution is 2.43. The third-order valence-electron chi connectivity index (χ3n) is 2.94. The fraction of sp³-hybridized carbons (Fsp3) is 0.643. The van der Waals surface area contributed by atoms with E-state index >= 15 is 0 Å². The van der Waals surface area contributed by atoms with Gasteiger partial charge in [0.2, 0.25) is 0 Å². The van der Waals surface area contributed by atoms with Crippen LogP contribution in [0.5, 0.6) is 0 Å². The summed E-state index contributed by atoms with van der Waals surface area (Å²) in [6, 6.07) is 0. The monoisotopic (exact) mass is 316 g/mol. The SMILES string of the molecule is CCOC(=O)c1sc(N(C)CCC(C)C)c(SC)c1N. The Balaban J connectivity index is 3.01. The van der Waals surface area contributed by atoms with Crippen molar-refractivity contribution in [3.63, 3.8) is 0 Å². The lowest BCUT2D eigenvalue weighted by Crippen LogP contribution is -2.19. The minimum absolute atomic E-state index is 0.325. The summed E-state index contributed by atoms with van der Waals surface area (Å²) in [5.74, 6) is 0.325. The second-order valence-electron chi connectivity index (χ2n) is 5.01. The summed E-state index contributed by atoms with van der Waals surface area (Å²) in [4.78, 5) is 15.6. The van der Waals surface area contributed by atoms with E-state index in [-0.39, 0.29) is 5.97 Å². The number of anilines is 2. The van der Waals surface area contributed by atoms with E-state index in [1.165, 1.54) is 11.3 Å². The Morgan fingerprint density at radius 3 is 2.65 bits per heavy atom. The highest BCUT2D eigenvalue weighted by molar-refractivity contribution is 7.99. The van der Waals surface area contributed by atoms with E-state index < -0.39 is 0 Å². The Morgan fingerprint density at radius 1 is 1.50 bits per heavy atom. The first kappa shape index (κ1) is 17.2. The van der Waals surface area contributed by atoms with E-state index in [2.05, 4.69) is 18.7 Å². The molecule has 0 saturated heterocycles. The molecule has 0 fully saturated rings. The van der Waals surface area contributed by atoms with Crippen LogP contribution in [0.15, 0.2) is 4.90 Å². The van der Waals surface area contributed by atoms with Crippen molar-refractivity contribution in [2.45, 2.75) is 32.1 Å². The molecule has 0 saturated carbocycles. The van der Waals surface area contributed by atoms with Gasteiger partial charge in [0.15, 0.2) is 0 Å². The Bertz CT molecular complexity index is 458. The molecule has 0 aliphatic carbocycles.